The van der Waals surface area contributed by atoms with E-state index in [1.165, 1.54) is 4.90 Å². The molecule has 84 valence electrons. The molecule has 5 nitrogen and oxygen atoms in total. The van der Waals surface area contributed by atoms with Gasteiger partial charge in [0, 0.05) is 13.1 Å². The van der Waals surface area contributed by atoms with E-state index in [2.05, 4.69) is 11.9 Å². The molecule has 15 heavy (non-hydrogen) atoms. The van der Waals surface area contributed by atoms with Crippen molar-refractivity contribution in [3.8, 4) is 0 Å². The van der Waals surface area contributed by atoms with Crippen LogP contribution in [0.3, 0.4) is 0 Å². The van der Waals surface area contributed by atoms with Crippen LogP contribution in [0.2, 0.25) is 0 Å². The minimum atomic E-state index is -1.06. The molecule has 1 aliphatic heterocycles. The largest absolute Gasteiger partial charge is 0.480 e. The molecule has 1 aliphatic rings. The molecular formula is C10H16N2O3. The van der Waals surface area contributed by atoms with E-state index in [0.717, 1.165) is 6.42 Å². The number of carbonyl (C=O) groups is 2. The second kappa shape index (κ2) is 4.33. The standard InChI is InChI=1S/C10H16N2O3/c1-3-6-11-9(15)12-7-4-5-10(12,2)8(13)14/h3H,1,4-7H2,2H3,(H,11,15)(H,13,14). The maximum atomic E-state index is 11.6. The van der Waals surface area contributed by atoms with Gasteiger partial charge in [0.1, 0.15) is 5.54 Å². The molecule has 0 aromatic carbocycles. The average Bonchev–Trinajstić information content (AvgIpc) is 2.58. The quantitative estimate of drug-likeness (QED) is 0.680. The average molecular weight is 212 g/mol. The third-order valence-electron chi connectivity index (χ3n) is 2.74. The van der Waals surface area contributed by atoms with Crippen molar-refractivity contribution in [2.75, 3.05) is 13.1 Å². The van der Waals surface area contributed by atoms with Crippen molar-refractivity contribution in [1.29, 1.82) is 0 Å². The fourth-order valence-corrected chi connectivity index (χ4v) is 1.77. The molecule has 1 heterocycles. The van der Waals surface area contributed by atoms with Crippen LogP contribution in [0.5, 0.6) is 0 Å². The molecule has 1 saturated heterocycles. The van der Waals surface area contributed by atoms with Gasteiger partial charge in [-0.3, -0.25) is 0 Å². The highest BCUT2D eigenvalue weighted by atomic mass is 16.4. The normalized spacial score (nSPS) is 25.0. The summed E-state index contributed by atoms with van der Waals surface area (Å²) in [5.41, 5.74) is -1.06. The van der Waals surface area contributed by atoms with Crippen molar-refractivity contribution in [3.05, 3.63) is 12.7 Å². The van der Waals surface area contributed by atoms with Gasteiger partial charge in [-0.15, -0.1) is 6.58 Å². The van der Waals surface area contributed by atoms with E-state index in [1.807, 2.05) is 0 Å². The predicted octanol–water partition coefficient (Wildman–Crippen LogP) is 0.821. The van der Waals surface area contributed by atoms with Crippen LogP contribution in [0, 0.1) is 0 Å². The summed E-state index contributed by atoms with van der Waals surface area (Å²) >= 11 is 0. The lowest BCUT2D eigenvalue weighted by atomic mass is 10.00. The molecule has 2 amide bonds. The molecule has 0 aliphatic carbocycles. The van der Waals surface area contributed by atoms with Crippen LogP contribution in [0.4, 0.5) is 4.79 Å². The van der Waals surface area contributed by atoms with E-state index in [1.54, 1.807) is 13.0 Å². The molecule has 1 atom stereocenters. The Kier molecular flexibility index (Phi) is 3.34. The third-order valence-corrected chi connectivity index (χ3v) is 2.74. The smallest absolute Gasteiger partial charge is 0.329 e. The van der Waals surface area contributed by atoms with Crippen molar-refractivity contribution in [3.63, 3.8) is 0 Å². The maximum absolute atomic E-state index is 11.6. The molecule has 2 N–H and O–H groups in total. The zero-order valence-electron chi connectivity index (χ0n) is 8.82. The van der Waals surface area contributed by atoms with Gasteiger partial charge in [0.2, 0.25) is 0 Å². The number of carbonyl (C=O) groups excluding carboxylic acids is 1. The van der Waals surface area contributed by atoms with Gasteiger partial charge in [-0.1, -0.05) is 6.08 Å². The Morgan fingerprint density at radius 3 is 2.87 bits per heavy atom. The Morgan fingerprint density at radius 1 is 1.67 bits per heavy atom. The van der Waals surface area contributed by atoms with Gasteiger partial charge >= 0.3 is 12.0 Å². The van der Waals surface area contributed by atoms with E-state index in [9.17, 15) is 9.59 Å². The highest BCUT2D eigenvalue weighted by Crippen LogP contribution is 2.28. The lowest BCUT2D eigenvalue weighted by Crippen LogP contribution is -2.54. The van der Waals surface area contributed by atoms with Crippen molar-refractivity contribution in [1.82, 2.24) is 10.2 Å². The molecule has 5 heteroatoms. The van der Waals surface area contributed by atoms with E-state index in [0.29, 0.717) is 19.5 Å². The van der Waals surface area contributed by atoms with Crippen LogP contribution in [0.15, 0.2) is 12.7 Å². The molecule has 0 aromatic rings. The van der Waals surface area contributed by atoms with Gasteiger partial charge in [0.25, 0.3) is 0 Å². The van der Waals surface area contributed by atoms with E-state index in [-0.39, 0.29) is 6.03 Å². The van der Waals surface area contributed by atoms with Gasteiger partial charge in [-0.25, -0.2) is 9.59 Å². The molecule has 0 bridgehead atoms. The summed E-state index contributed by atoms with van der Waals surface area (Å²) in [6, 6.07) is -0.336. The molecule has 0 radical (unpaired) electrons. The summed E-state index contributed by atoms with van der Waals surface area (Å²) in [6.45, 7) is 5.90. The van der Waals surface area contributed by atoms with Crippen LogP contribution in [-0.4, -0.2) is 40.6 Å². The van der Waals surface area contributed by atoms with Crippen LogP contribution in [0.1, 0.15) is 19.8 Å². The number of aliphatic carboxylic acids is 1. The fraction of sp³-hybridized carbons (Fsp3) is 0.600. The van der Waals surface area contributed by atoms with Crippen LogP contribution in [0.25, 0.3) is 0 Å². The second-order valence-electron chi connectivity index (χ2n) is 3.81. The van der Waals surface area contributed by atoms with Gasteiger partial charge < -0.3 is 15.3 Å². The Bertz CT molecular complexity index is 290. The number of carboxylic acids is 1. The van der Waals surface area contributed by atoms with Gasteiger partial charge in [-0.05, 0) is 19.8 Å². The zero-order chi connectivity index (χ0) is 11.5. The number of hydrogen-bond acceptors (Lipinski definition) is 2. The summed E-state index contributed by atoms with van der Waals surface area (Å²) in [6.07, 6.45) is 2.79. The number of amides is 2. The lowest BCUT2D eigenvalue weighted by Gasteiger charge is -2.30. The van der Waals surface area contributed by atoms with Gasteiger partial charge in [0.05, 0.1) is 0 Å². The maximum Gasteiger partial charge on any atom is 0.329 e. The third kappa shape index (κ3) is 2.11. The molecule has 0 spiro atoms. The summed E-state index contributed by atoms with van der Waals surface area (Å²) in [4.78, 5) is 24.1. The minimum absolute atomic E-state index is 0.336. The van der Waals surface area contributed by atoms with Crippen molar-refractivity contribution in [2.24, 2.45) is 0 Å². The Hall–Kier alpha value is -1.52. The summed E-state index contributed by atoms with van der Waals surface area (Å²) in [5.74, 6) is -0.950. The molecule has 1 rings (SSSR count). The van der Waals surface area contributed by atoms with E-state index < -0.39 is 11.5 Å². The first-order valence-electron chi connectivity index (χ1n) is 4.92. The van der Waals surface area contributed by atoms with Crippen LogP contribution < -0.4 is 5.32 Å². The van der Waals surface area contributed by atoms with Crippen LogP contribution >= 0.6 is 0 Å². The predicted molar refractivity (Wildman–Crippen MR) is 55.6 cm³/mol. The fourth-order valence-electron chi connectivity index (χ4n) is 1.77. The first-order chi connectivity index (χ1) is 7.02. The molecule has 1 fully saturated rings. The number of nitrogens with zero attached hydrogens (tertiary/aromatic N) is 1. The Balaban J connectivity index is 2.72. The highest BCUT2D eigenvalue weighted by Gasteiger charge is 2.45. The lowest BCUT2D eigenvalue weighted by molar-refractivity contribution is -0.147. The molecule has 0 aromatic heterocycles. The molecule has 1 unspecified atom stereocenters. The first-order valence-corrected chi connectivity index (χ1v) is 4.92. The second-order valence-corrected chi connectivity index (χ2v) is 3.81. The van der Waals surface area contributed by atoms with Crippen molar-refractivity contribution < 1.29 is 14.7 Å². The zero-order valence-corrected chi connectivity index (χ0v) is 8.82. The molecular weight excluding hydrogens is 196 g/mol. The Labute approximate surface area is 88.8 Å². The monoisotopic (exact) mass is 212 g/mol. The number of urea groups is 1. The van der Waals surface area contributed by atoms with E-state index in [4.69, 9.17) is 5.11 Å². The number of rotatable bonds is 3. The first kappa shape index (κ1) is 11.6. The topological polar surface area (TPSA) is 69.6 Å². The highest BCUT2D eigenvalue weighted by molar-refractivity contribution is 5.86. The summed E-state index contributed by atoms with van der Waals surface area (Å²) < 4.78 is 0. The van der Waals surface area contributed by atoms with Crippen LogP contribution in [-0.2, 0) is 4.79 Å². The SMILES string of the molecule is C=CCNC(=O)N1CCCC1(C)C(=O)O. The minimum Gasteiger partial charge on any atom is -0.480 e. The summed E-state index contributed by atoms with van der Waals surface area (Å²) in [7, 11) is 0. The number of carboxylic acid groups (broad SMARTS) is 1. The number of likely N-dealkylation sites (tertiary alicyclic amines) is 1. The van der Waals surface area contributed by atoms with Crippen molar-refractivity contribution >= 4 is 12.0 Å². The summed E-state index contributed by atoms with van der Waals surface area (Å²) in [5, 5.41) is 11.7. The number of hydrogen-bond donors (Lipinski definition) is 2. The number of nitrogens with one attached hydrogen (secondary N) is 1. The van der Waals surface area contributed by atoms with E-state index >= 15 is 0 Å². The van der Waals surface area contributed by atoms with Gasteiger partial charge in [0.15, 0.2) is 0 Å². The molecule has 0 saturated carbocycles. The van der Waals surface area contributed by atoms with Crippen molar-refractivity contribution in [2.45, 2.75) is 25.3 Å². The Morgan fingerprint density at radius 2 is 2.33 bits per heavy atom. The van der Waals surface area contributed by atoms with Gasteiger partial charge in [-0.2, -0.15) is 0 Å².